The summed E-state index contributed by atoms with van der Waals surface area (Å²) in [4.78, 5) is 15.8. The number of nitrogens with one attached hydrogen (secondary N) is 2. The van der Waals surface area contributed by atoms with Crippen molar-refractivity contribution < 1.29 is 4.79 Å². The third kappa shape index (κ3) is 4.79. The molecule has 5 nitrogen and oxygen atoms in total. The molecule has 6 heteroatoms. The molecule has 0 saturated heterocycles. The maximum atomic E-state index is 11.8. The van der Waals surface area contributed by atoms with Gasteiger partial charge in [0, 0.05) is 35.1 Å². The Kier molecular flexibility index (Phi) is 5.31. The maximum Gasteiger partial charge on any atom is 0.238 e. The number of nitrogens with zero attached hydrogens (tertiary/aromatic N) is 2. The fraction of sp³-hybridized carbons (Fsp3) is 0.286. The van der Waals surface area contributed by atoms with E-state index in [1.807, 2.05) is 42.0 Å². The average Bonchev–Trinajstić information content (AvgIpc) is 2.92. The quantitative estimate of drug-likeness (QED) is 0.850. The van der Waals surface area contributed by atoms with Crippen LogP contribution in [-0.2, 0) is 11.3 Å². The van der Waals surface area contributed by atoms with Crippen molar-refractivity contribution in [2.45, 2.75) is 19.5 Å². The summed E-state index contributed by atoms with van der Waals surface area (Å²) in [5, 5.41) is 6.02. The van der Waals surface area contributed by atoms with Gasteiger partial charge in [0.25, 0.3) is 0 Å². The minimum Gasteiger partial charge on any atom is -0.336 e. The smallest absolute Gasteiger partial charge is 0.238 e. The van der Waals surface area contributed by atoms with Gasteiger partial charge >= 0.3 is 0 Å². The molecule has 20 heavy (non-hydrogen) atoms. The van der Waals surface area contributed by atoms with Gasteiger partial charge in [-0.1, -0.05) is 15.9 Å². The fourth-order valence-electron chi connectivity index (χ4n) is 1.78. The normalized spacial score (nSPS) is 12.1. The van der Waals surface area contributed by atoms with Gasteiger partial charge in [-0.15, -0.1) is 0 Å². The van der Waals surface area contributed by atoms with Crippen molar-refractivity contribution in [3.05, 3.63) is 47.5 Å². The highest BCUT2D eigenvalue weighted by Gasteiger charge is 2.06. The molecule has 0 bridgehead atoms. The van der Waals surface area contributed by atoms with E-state index in [2.05, 4.69) is 31.5 Å². The van der Waals surface area contributed by atoms with E-state index >= 15 is 0 Å². The van der Waals surface area contributed by atoms with E-state index in [1.54, 1.807) is 12.5 Å². The van der Waals surface area contributed by atoms with Gasteiger partial charge < -0.3 is 15.2 Å². The van der Waals surface area contributed by atoms with Gasteiger partial charge in [-0.3, -0.25) is 4.79 Å². The number of imidazole rings is 1. The molecule has 0 spiro atoms. The summed E-state index contributed by atoms with van der Waals surface area (Å²) in [6.45, 7) is 3.10. The van der Waals surface area contributed by atoms with Gasteiger partial charge in [0.15, 0.2) is 0 Å². The van der Waals surface area contributed by atoms with Gasteiger partial charge in [-0.05, 0) is 31.2 Å². The molecule has 2 rings (SSSR count). The van der Waals surface area contributed by atoms with Crippen LogP contribution in [0.3, 0.4) is 0 Å². The molecule has 106 valence electrons. The van der Waals surface area contributed by atoms with Crippen molar-refractivity contribution in [1.29, 1.82) is 0 Å². The number of carbonyl (C=O) groups excluding carboxylic acids is 1. The van der Waals surface area contributed by atoms with Gasteiger partial charge in [0.1, 0.15) is 0 Å². The van der Waals surface area contributed by atoms with Gasteiger partial charge in [-0.2, -0.15) is 0 Å². The zero-order chi connectivity index (χ0) is 14.4. The zero-order valence-corrected chi connectivity index (χ0v) is 12.8. The highest BCUT2D eigenvalue weighted by molar-refractivity contribution is 9.10. The van der Waals surface area contributed by atoms with Crippen molar-refractivity contribution in [3.8, 4) is 0 Å². The topological polar surface area (TPSA) is 59.0 Å². The number of aromatic nitrogens is 2. The van der Waals surface area contributed by atoms with Crippen LogP contribution in [0.5, 0.6) is 0 Å². The Morgan fingerprint density at radius 1 is 1.40 bits per heavy atom. The molecule has 1 atom stereocenters. The molecule has 2 N–H and O–H groups in total. The molecule has 1 aromatic carbocycles. The van der Waals surface area contributed by atoms with Crippen LogP contribution in [-0.4, -0.2) is 28.0 Å². The van der Waals surface area contributed by atoms with Crippen LogP contribution in [0.15, 0.2) is 47.5 Å². The monoisotopic (exact) mass is 336 g/mol. The summed E-state index contributed by atoms with van der Waals surface area (Å²) >= 11 is 3.36. The Hall–Kier alpha value is -1.66. The second-order valence-electron chi connectivity index (χ2n) is 4.60. The largest absolute Gasteiger partial charge is 0.336 e. The number of hydrogen-bond donors (Lipinski definition) is 2. The summed E-state index contributed by atoms with van der Waals surface area (Å²) in [6.07, 6.45) is 5.41. The first kappa shape index (κ1) is 14.7. The summed E-state index contributed by atoms with van der Waals surface area (Å²) < 4.78 is 2.96. The van der Waals surface area contributed by atoms with Crippen molar-refractivity contribution in [1.82, 2.24) is 14.9 Å². The highest BCUT2D eigenvalue weighted by Crippen LogP contribution is 2.13. The van der Waals surface area contributed by atoms with E-state index in [-0.39, 0.29) is 18.5 Å². The van der Waals surface area contributed by atoms with E-state index in [0.717, 1.165) is 16.7 Å². The Bertz CT molecular complexity index is 539. The summed E-state index contributed by atoms with van der Waals surface area (Å²) in [7, 11) is 0. The molecule has 0 aliphatic rings. The van der Waals surface area contributed by atoms with E-state index in [9.17, 15) is 4.79 Å². The van der Waals surface area contributed by atoms with Crippen LogP contribution in [0.1, 0.15) is 6.92 Å². The number of carbonyl (C=O) groups is 1. The van der Waals surface area contributed by atoms with Crippen LogP contribution in [0.2, 0.25) is 0 Å². The minimum atomic E-state index is -0.0511. The van der Waals surface area contributed by atoms with Crippen molar-refractivity contribution >= 4 is 27.5 Å². The predicted octanol–water partition coefficient (Wildman–Crippen LogP) is 2.26. The molecule has 1 heterocycles. The van der Waals surface area contributed by atoms with Crippen molar-refractivity contribution in [3.63, 3.8) is 0 Å². The van der Waals surface area contributed by atoms with E-state index in [1.165, 1.54) is 0 Å². The fourth-order valence-corrected chi connectivity index (χ4v) is 2.05. The van der Waals surface area contributed by atoms with Crippen molar-refractivity contribution in [2.24, 2.45) is 0 Å². The van der Waals surface area contributed by atoms with Gasteiger partial charge in [-0.25, -0.2) is 4.98 Å². The molecule has 1 amide bonds. The molecule has 0 radical (unpaired) electrons. The van der Waals surface area contributed by atoms with Gasteiger partial charge in [0.05, 0.1) is 12.9 Å². The molecule has 0 saturated carbocycles. The van der Waals surface area contributed by atoms with Crippen LogP contribution >= 0.6 is 15.9 Å². The first-order chi connectivity index (χ1) is 9.63. The number of benzene rings is 1. The van der Waals surface area contributed by atoms with Crippen LogP contribution in [0.25, 0.3) is 0 Å². The number of halogens is 1. The van der Waals surface area contributed by atoms with Crippen LogP contribution in [0.4, 0.5) is 5.69 Å². The maximum absolute atomic E-state index is 11.8. The number of hydrogen-bond acceptors (Lipinski definition) is 3. The number of rotatable bonds is 6. The van der Waals surface area contributed by atoms with E-state index < -0.39 is 0 Å². The molecule has 0 aliphatic carbocycles. The summed E-state index contributed by atoms with van der Waals surface area (Å²) in [5.41, 5.74) is 0.794. The molecule has 0 fully saturated rings. The Morgan fingerprint density at radius 2 is 2.15 bits per heavy atom. The summed E-state index contributed by atoms with van der Waals surface area (Å²) in [6, 6.07) is 7.70. The highest BCUT2D eigenvalue weighted by atomic mass is 79.9. The summed E-state index contributed by atoms with van der Waals surface area (Å²) in [5.74, 6) is -0.0511. The predicted molar refractivity (Wildman–Crippen MR) is 82.5 cm³/mol. The van der Waals surface area contributed by atoms with Gasteiger partial charge in [0.2, 0.25) is 5.91 Å². The standard InChI is InChI=1S/C14H17BrN4O/c1-11(9-19-7-6-16-10-19)17-8-14(20)18-13-4-2-12(15)3-5-13/h2-7,10-11,17H,8-9H2,1H3,(H,18,20). The first-order valence-electron chi connectivity index (χ1n) is 6.38. The SMILES string of the molecule is CC(Cn1ccnc1)NCC(=O)Nc1ccc(Br)cc1. The second-order valence-corrected chi connectivity index (χ2v) is 5.51. The van der Waals surface area contributed by atoms with Crippen LogP contribution in [0, 0.1) is 0 Å². The lowest BCUT2D eigenvalue weighted by molar-refractivity contribution is -0.115. The van der Waals surface area contributed by atoms with Crippen molar-refractivity contribution in [2.75, 3.05) is 11.9 Å². The lowest BCUT2D eigenvalue weighted by Gasteiger charge is -2.14. The van der Waals surface area contributed by atoms with Crippen LogP contribution < -0.4 is 10.6 Å². The molecule has 2 aromatic rings. The second kappa shape index (κ2) is 7.21. The number of anilines is 1. The molecule has 0 aliphatic heterocycles. The Morgan fingerprint density at radius 3 is 2.80 bits per heavy atom. The Balaban J connectivity index is 1.73. The molecule has 1 aromatic heterocycles. The van der Waals surface area contributed by atoms with E-state index in [0.29, 0.717) is 0 Å². The van der Waals surface area contributed by atoms with E-state index in [4.69, 9.17) is 0 Å². The first-order valence-corrected chi connectivity index (χ1v) is 7.17. The lowest BCUT2D eigenvalue weighted by atomic mass is 10.3. The third-order valence-electron chi connectivity index (χ3n) is 2.78. The zero-order valence-electron chi connectivity index (χ0n) is 11.2. The Labute approximate surface area is 126 Å². The third-order valence-corrected chi connectivity index (χ3v) is 3.31. The number of amides is 1. The molecular formula is C14H17BrN4O. The molecular weight excluding hydrogens is 320 g/mol. The average molecular weight is 337 g/mol. The minimum absolute atomic E-state index is 0.0511. The lowest BCUT2D eigenvalue weighted by Crippen LogP contribution is -2.36. The molecule has 1 unspecified atom stereocenters.